The molecule has 0 aromatic heterocycles. The number of nitrogens with zero attached hydrogens (tertiary/aromatic N) is 2. The van der Waals surface area contributed by atoms with Crippen molar-refractivity contribution in [1.29, 1.82) is 0 Å². The molecule has 2 N–H and O–H groups in total. The van der Waals surface area contributed by atoms with Gasteiger partial charge < -0.3 is 10.6 Å². The predicted molar refractivity (Wildman–Crippen MR) is 80.2 cm³/mol. The lowest BCUT2D eigenvalue weighted by Crippen LogP contribution is -2.48. The van der Waals surface area contributed by atoms with Gasteiger partial charge in [0.2, 0.25) is 0 Å². The Labute approximate surface area is 124 Å². The van der Waals surface area contributed by atoms with E-state index in [1.807, 2.05) is 19.1 Å². The Bertz CT molecular complexity index is 577. The Morgan fingerprint density at radius 2 is 1.81 bits per heavy atom. The van der Waals surface area contributed by atoms with Crippen molar-refractivity contribution in [1.82, 2.24) is 9.80 Å². The average Bonchev–Trinajstić information content (AvgIpc) is 2.72. The van der Waals surface area contributed by atoms with Crippen LogP contribution in [0.5, 0.6) is 0 Å². The quantitative estimate of drug-likeness (QED) is 0.843. The molecule has 112 valence electrons. The number of piperidine rings is 1. The van der Waals surface area contributed by atoms with Crippen LogP contribution in [0.4, 0.5) is 0 Å². The highest BCUT2D eigenvalue weighted by Gasteiger charge is 2.40. The maximum atomic E-state index is 12.5. The normalized spacial score (nSPS) is 20.2. The van der Waals surface area contributed by atoms with Gasteiger partial charge in [0.25, 0.3) is 11.8 Å². The van der Waals surface area contributed by atoms with Crippen molar-refractivity contribution in [3.05, 3.63) is 34.9 Å². The Kier molecular flexibility index (Phi) is 3.78. The molecule has 5 nitrogen and oxygen atoms in total. The minimum absolute atomic E-state index is 0.0201. The SMILES string of the molecule is Cc1ccc2c(c1)C(=O)N(C1CCN(CCN)CC1)C2=O. The van der Waals surface area contributed by atoms with Crippen molar-refractivity contribution < 1.29 is 9.59 Å². The molecule has 1 aromatic rings. The number of hydrogen-bond donors (Lipinski definition) is 1. The fourth-order valence-corrected chi connectivity index (χ4v) is 3.29. The standard InChI is InChI=1S/C16H21N3O2/c1-11-2-3-13-14(10-11)16(21)19(15(13)20)12-4-7-18(8-5-12)9-6-17/h2-3,10,12H,4-9,17H2,1H3. The van der Waals surface area contributed by atoms with Crippen molar-refractivity contribution in [3.8, 4) is 0 Å². The lowest BCUT2D eigenvalue weighted by atomic mass is 10.0. The molecule has 0 aliphatic carbocycles. The second-order valence-corrected chi connectivity index (χ2v) is 5.89. The van der Waals surface area contributed by atoms with Crippen LogP contribution in [0, 0.1) is 6.92 Å². The van der Waals surface area contributed by atoms with Gasteiger partial charge in [-0.1, -0.05) is 11.6 Å². The molecule has 0 atom stereocenters. The van der Waals surface area contributed by atoms with Crippen molar-refractivity contribution in [3.63, 3.8) is 0 Å². The minimum Gasteiger partial charge on any atom is -0.329 e. The first-order chi connectivity index (χ1) is 10.1. The molecule has 0 saturated carbocycles. The first-order valence-electron chi connectivity index (χ1n) is 7.53. The van der Waals surface area contributed by atoms with Gasteiger partial charge in [-0.25, -0.2) is 0 Å². The third kappa shape index (κ3) is 2.47. The number of hydrogen-bond acceptors (Lipinski definition) is 4. The third-order valence-corrected chi connectivity index (χ3v) is 4.44. The van der Waals surface area contributed by atoms with E-state index in [2.05, 4.69) is 4.90 Å². The van der Waals surface area contributed by atoms with Crippen molar-refractivity contribution in [2.75, 3.05) is 26.2 Å². The van der Waals surface area contributed by atoms with Crippen LogP contribution in [0.25, 0.3) is 0 Å². The molecule has 21 heavy (non-hydrogen) atoms. The summed E-state index contributed by atoms with van der Waals surface area (Å²) in [6, 6.07) is 5.50. The van der Waals surface area contributed by atoms with E-state index in [0.29, 0.717) is 17.7 Å². The molecular formula is C16H21N3O2. The number of likely N-dealkylation sites (tertiary alicyclic amines) is 1. The van der Waals surface area contributed by atoms with E-state index in [0.717, 1.165) is 38.0 Å². The van der Waals surface area contributed by atoms with Crippen molar-refractivity contribution in [2.24, 2.45) is 5.73 Å². The van der Waals surface area contributed by atoms with Gasteiger partial charge in [0.15, 0.2) is 0 Å². The van der Waals surface area contributed by atoms with Gasteiger partial charge in [-0.3, -0.25) is 14.5 Å². The van der Waals surface area contributed by atoms with E-state index in [4.69, 9.17) is 5.73 Å². The summed E-state index contributed by atoms with van der Waals surface area (Å²) in [6.45, 7) is 5.26. The minimum atomic E-state index is -0.132. The third-order valence-electron chi connectivity index (χ3n) is 4.44. The summed E-state index contributed by atoms with van der Waals surface area (Å²) in [5.41, 5.74) is 7.69. The summed E-state index contributed by atoms with van der Waals surface area (Å²) in [6.07, 6.45) is 1.68. The van der Waals surface area contributed by atoms with Crippen LogP contribution in [0.2, 0.25) is 0 Å². The lowest BCUT2D eigenvalue weighted by Gasteiger charge is -2.35. The van der Waals surface area contributed by atoms with Crippen LogP contribution in [0.3, 0.4) is 0 Å². The second-order valence-electron chi connectivity index (χ2n) is 5.89. The number of imide groups is 1. The largest absolute Gasteiger partial charge is 0.329 e. The first kappa shape index (κ1) is 14.2. The molecule has 2 aliphatic rings. The number of amides is 2. The maximum absolute atomic E-state index is 12.5. The molecule has 0 bridgehead atoms. The van der Waals surface area contributed by atoms with Gasteiger partial charge in [0.1, 0.15) is 0 Å². The predicted octanol–water partition coefficient (Wildman–Crippen LogP) is 1.01. The van der Waals surface area contributed by atoms with E-state index >= 15 is 0 Å². The Morgan fingerprint density at radius 3 is 2.48 bits per heavy atom. The summed E-state index contributed by atoms with van der Waals surface area (Å²) in [5, 5.41) is 0. The highest BCUT2D eigenvalue weighted by Crippen LogP contribution is 2.29. The number of carbonyl (C=O) groups is 2. The summed E-state index contributed by atoms with van der Waals surface area (Å²) < 4.78 is 0. The molecule has 2 aliphatic heterocycles. The van der Waals surface area contributed by atoms with Crippen LogP contribution in [-0.4, -0.2) is 53.8 Å². The van der Waals surface area contributed by atoms with Crippen LogP contribution in [0.1, 0.15) is 39.1 Å². The molecule has 3 rings (SSSR count). The highest BCUT2D eigenvalue weighted by atomic mass is 16.2. The molecule has 1 saturated heterocycles. The van der Waals surface area contributed by atoms with Gasteiger partial charge in [-0.2, -0.15) is 0 Å². The van der Waals surface area contributed by atoms with E-state index in [1.165, 1.54) is 4.90 Å². The fraction of sp³-hybridized carbons (Fsp3) is 0.500. The Balaban J connectivity index is 1.77. The maximum Gasteiger partial charge on any atom is 0.261 e. The molecule has 1 fully saturated rings. The van der Waals surface area contributed by atoms with Gasteiger partial charge >= 0.3 is 0 Å². The zero-order chi connectivity index (χ0) is 15.0. The molecule has 2 heterocycles. The second kappa shape index (κ2) is 5.58. The topological polar surface area (TPSA) is 66.6 Å². The summed E-state index contributed by atoms with van der Waals surface area (Å²) in [5.74, 6) is -0.261. The number of carbonyl (C=O) groups excluding carboxylic acids is 2. The van der Waals surface area contributed by atoms with E-state index < -0.39 is 0 Å². The number of aryl methyl sites for hydroxylation is 1. The first-order valence-corrected chi connectivity index (χ1v) is 7.53. The lowest BCUT2D eigenvalue weighted by molar-refractivity contribution is 0.0504. The fourth-order valence-electron chi connectivity index (χ4n) is 3.29. The van der Waals surface area contributed by atoms with Crippen molar-refractivity contribution in [2.45, 2.75) is 25.8 Å². The van der Waals surface area contributed by atoms with Crippen LogP contribution in [0.15, 0.2) is 18.2 Å². The van der Waals surface area contributed by atoms with Gasteiger partial charge in [0.05, 0.1) is 11.1 Å². The molecular weight excluding hydrogens is 266 g/mol. The smallest absolute Gasteiger partial charge is 0.261 e. The Hall–Kier alpha value is -1.72. The van der Waals surface area contributed by atoms with Crippen LogP contribution >= 0.6 is 0 Å². The average molecular weight is 287 g/mol. The zero-order valence-corrected chi connectivity index (χ0v) is 12.3. The molecule has 0 spiro atoms. The molecule has 0 radical (unpaired) electrons. The molecule has 2 amide bonds. The summed E-state index contributed by atoms with van der Waals surface area (Å²) >= 11 is 0. The molecule has 0 unspecified atom stereocenters. The van der Waals surface area contributed by atoms with Crippen molar-refractivity contribution >= 4 is 11.8 Å². The number of nitrogens with two attached hydrogens (primary N) is 1. The van der Waals surface area contributed by atoms with Gasteiger partial charge in [-0.15, -0.1) is 0 Å². The van der Waals surface area contributed by atoms with Crippen LogP contribution in [-0.2, 0) is 0 Å². The van der Waals surface area contributed by atoms with Gasteiger partial charge in [-0.05, 0) is 31.9 Å². The molecule has 1 aromatic carbocycles. The number of benzene rings is 1. The molecule has 5 heteroatoms. The highest BCUT2D eigenvalue weighted by molar-refractivity contribution is 6.21. The van der Waals surface area contributed by atoms with Gasteiger partial charge in [0, 0.05) is 32.2 Å². The summed E-state index contributed by atoms with van der Waals surface area (Å²) in [4.78, 5) is 28.8. The monoisotopic (exact) mass is 287 g/mol. The number of rotatable bonds is 3. The van der Waals surface area contributed by atoms with E-state index in [-0.39, 0.29) is 17.9 Å². The van der Waals surface area contributed by atoms with E-state index in [1.54, 1.807) is 6.07 Å². The number of fused-ring (bicyclic) bond motifs is 1. The van der Waals surface area contributed by atoms with Crippen LogP contribution < -0.4 is 5.73 Å². The zero-order valence-electron chi connectivity index (χ0n) is 12.3. The van der Waals surface area contributed by atoms with E-state index in [9.17, 15) is 9.59 Å². The summed E-state index contributed by atoms with van der Waals surface area (Å²) in [7, 11) is 0. The Morgan fingerprint density at radius 1 is 1.14 bits per heavy atom.